The van der Waals surface area contributed by atoms with Crippen LogP contribution in [0.15, 0.2) is 16.6 Å². The minimum absolute atomic E-state index is 0.577. The molecule has 78 valence electrons. The number of methoxy groups -OCH3 is 2. The van der Waals surface area contributed by atoms with Crippen molar-refractivity contribution >= 4 is 15.9 Å². The predicted molar refractivity (Wildman–Crippen MR) is 57.9 cm³/mol. The van der Waals surface area contributed by atoms with Crippen molar-refractivity contribution in [1.29, 1.82) is 0 Å². The van der Waals surface area contributed by atoms with Crippen LogP contribution >= 0.6 is 15.9 Å². The maximum absolute atomic E-state index is 9.50. The van der Waals surface area contributed by atoms with Gasteiger partial charge < -0.3 is 14.6 Å². The molecule has 0 aliphatic carbocycles. The molecule has 4 heteroatoms. The van der Waals surface area contributed by atoms with Crippen molar-refractivity contribution in [3.63, 3.8) is 0 Å². The van der Waals surface area contributed by atoms with Gasteiger partial charge in [0, 0.05) is 5.56 Å². The highest BCUT2D eigenvalue weighted by atomic mass is 79.9. The van der Waals surface area contributed by atoms with E-state index in [1.165, 1.54) is 0 Å². The summed E-state index contributed by atoms with van der Waals surface area (Å²) in [5.41, 5.74) is 0.715. The van der Waals surface area contributed by atoms with Gasteiger partial charge in [-0.1, -0.05) is 0 Å². The van der Waals surface area contributed by atoms with Gasteiger partial charge in [-0.05, 0) is 35.0 Å². The lowest BCUT2D eigenvalue weighted by Gasteiger charge is -2.13. The Bertz CT molecular complexity index is 323. The minimum atomic E-state index is -0.577. The van der Waals surface area contributed by atoms with E-state index in [4.69, 9.17) is 9.47 Å². The highest BCUT2D eigenvalue weighted by Crippen LogP contribution is 2.35. The van der Waals surface area contributed by atoms with Crippen LogP contribution in [0.1, 0.15) is 18.6 Å². The maximum Gasteiger partial charge on any atom is 0.133 e. The van der Waals surface area contributed by atoms with Crippen molar-refractivity contribution in [2.24, 2.45) is 0 Å². The van der Waals surface area contributed by atoms with E-state index in [1.807, 2.05) is 0 Å². The number of rotatable bonds is 3. The zero-order chi connectivity index (χ0) is 10.7. The maximum atomic E-state index is 9.50. The van der Waals surface area contributed by atoms with Gasteiger partial charge in [0.25, 0.3) is 0 Å². The topological polar surface area (TPSA) is 38.7 Å². The second-order valence-electron chi connectivity index (χ2n) is 2.90. The van der Waals surface area contributed by atoms with E-state index >= 15 is 0 Å². The van der Waals surface area contributed by atoms with Crippen LogP contribution < -0.4 is 9.47 Å². The first-order valence-corrected chi connectivity index (χ1v) is 4.99. The second kappa shape index (κ2) is 4.66. The molecule has 0 unspecified atom stereocenters. The Morgan fingerprint density at radius 2 is 1.79 bits per heavy atom. The van der Waals surface area contributed by atoms with Gasteiger partial charge in [0.15, 0.2) is 0 Å². The molecule has 0 amide bonds. The molecule has 0 bridgehead atoms. The zero-order valence-electron chi connectivity index (χ0n) is 8.37. The number of aliphatic hydroxyl groups is 1. The third-order valence-corrected chi connectivity index (χ3v) is 2.57. The molecule has 0 fully saturated rings. The third kappa shape index (κ3) is 2.19. The zero-order valence-corrected chi connectivity index (χ0v) is 9.96. The van der Waals surface area contributed by atoms with Gasteiger partial charge in [-0.25, -0.2) is 0 Å². The van der Waals surface area contributed by atoms with Crippen molar-refractivity contribution in [3.05, 3.63) is 22.2 Å². The molecule has 1 N–H and O–H groups in total. The molecule has 0 radical (unpaired) electrons. The van der Waals surface area contributed by atoms with Crippen LogP contribution in [0.4, 0.5) is 0 Å². The highest BCUT2D eigenvalue weighted by molar-refractivity contribution is 9.10. The van der Waals surface area contributed by atoms with Gasteiger partial charge in [0.05, 0.1) is 24.8 Å². The van der Waals surface area contributed by atoms with Crippen molar-refractivity contribution in [3.8, 4) is 11.5 Å². The van der Waals surface area contributed by atoms with Crippen LogP contribution in [0.2, 0.25) is 0 Å². The summed E-state index contributed by atoms with van der Waals surface area (Å²) >= 11 is 3.34. The third-order valence-electron chi connectivity index (χ3n) is 1.95. The highest BCUT2D eigenvalue weighted by Gasteiger charge is 2.12. The summed E-state index contributed by atoms with van der Waals surface area (Å²) in [4.78, 5) is 0. The number of aliphatic hydroxyl groups excluding tert-OH is 1. The Morgan fingerprint density at radius 1 is 1.21 bits per heavy atom. The summed E-state index contributed by atoms with van der Waals surface area (Å²) in [6.07, 6.45) is -0.577. The summed E-state index contributed by atoms with van der Waals surface area (Å²) < 4.78 is 11.1. The van der Waals surface area contributed by atoms with Crippen LogP contribution in [-0.4, -0.2) is 19.3 Å². The SMILES string of the molecule is COc1cc([C@H](C)O)c(OC)cc1Br. The number of benzene rings is 1. The summed E-state index contributed by atoms with van der Waals surface area (Å²) in [6, 6.07) is 3.54. The van der Waals surface area contributed by atoms with Crippen LogP contribution in [-0.2, 0) is 0 Å². The van der Waals surface area contributed by atoms with Gasteiger partial charge in [-0.2, -0.15) is 0 Å². The van der Waals surface area contributed by atoms with E-state index in [2.05, 4.69) is 15.9 Å². The molecular formula is C10H13BrO3. The molecule has 1 atom stereocenters. The molecule has 0 aliphatic heterocycles. The van der Waals surface area contributed by atoms with Crippen LogP contribution in [0.25, 0.3) is 0 Å². The first-order valence-electron chi connectivity index (χ1n) is 4.19. The fourth-order valence-electron chi connectivity index (χ4n) is 1.21. The predicted octanol–water partition coefficient (Wildman–Crippen LogP) is 2.52. The molecule has 1 aromatic rings. The molecule has 3 nitrogen and oxygen atoms in total. The summed E-state index contributed by atoms with van der Waals surface area (Å²) in [6.45, 7) is 1.69. The van der Waals surface area contributed by atoms with Crippen LogP contribution in [0, 0.1) is 0 Å². The lowest BCUT2D eigenvalue weighted by atomic mass is 10.1. The van der Waals surface area contributed by atoms with Gasteiger partial charge in [-0.15, -0.1) is 0 Å². The smallest absolute Gasteiger partial charge is 0.133 e. The van der Waals surface area contributed by atoms with E-state index in [0.717, 1.165) is 4.47 Å². The van der Waals surface area contributed by atoms with Gasteiger partial charge in [0.2, 0.25) is 0 Å². The van der Waals surface area contributed by atoms with Crippen LogP contribution in [0.5, 0.6) is 11.5 Å². The van der Waals surface area contributed by atoms with Crippen molar-refractivity contribution < 1.29 is 14.6 Å². The Balaban J connectivity index is 3.25. The van der Waals surface area contributed by atoms with E-state index in [9.17, 15) is 5.11 Å². The number of ether oxygens (including phenoxy) is 2. The van der Waals surface area contributed by atoms with Crippen molar-refractivity contribution in [2.45, 2.75) is 13.0 Å². The van der Waals surface area contributed by atoms with Gasteiger partial charge in [-0.3, -0.25) is 0 Å². The molecule has 14 heavy (non-hydrogen) atoms. The van der Waals surface area contributed by atoms with Gasteiger partial charge >= 0.3 is 0 Å². The molecule has 0 saturated carbocycles. The first-order chi connectivity index (χ1) is 6.60. The second-order valence-corrected chi connectivity index (χ2v) is 3.76. The molecule has 0 saturated heterocycles. The molecule has 0 spiro atoms. The Morgan fingerprint density at radius 3 is 2.21 bits per heavy atom. The molecule has 0 aromatic heterocycles. The van der Waals surface area contributed by atoms with E-state index in [1.54, 1.807) is 33.3 Å². The summed E-state index contributed by atoms with van der Waals surface area (Å²) in [7, 11) is 3.15. The van der Waals surface area contributed by atoms with E-state index in [-0.39, 0.29) is 0 Å². The van der Waals surface area contributed by atoms with E-state index in [0.29, 0.717) is 17.1 Å². The number of hydrogen-bond acceptors (Lipinski definition) is 3. The number of hydrogen-bond donors (Lipinski definition) is 1. The van der Waals surface area contributed by atoms with Gasteiger partial charge in [0.1, 0.15) is 11.5 Å². The lowest BCUT2D eigenvalue weighted by Crippen LogP contribution is -1.98. The van der Waals surface area contributed by atoms with E-state index < -0.39 is 6.10 Å². The standard InChI is InChI=1S/C10H13BrO3/c1-6(12)7-4-10(14-3)8(11)5-9(7)13-2/h4-6,12H,1-3H3/t6-/m0/s1. The fourth-order valence-corrected chi connectivity index (χ4v) is 1.69. The first kappa shape index (κ1) is 11.3. The monoisotopic (exact) mass is 260 g/mol. The summed E-state index contributed by atoms with van der Waals surface area (Å²) in [5, 5.41) is 9.50. The minimum Gasteiger partial charge on any atom is -0.496 e. The van der Waals surface area contributed by atoms with Crippen molar-refractivity contribution in [2.75, 3.05) is 14.2 Å². The molecule has 0 aliphatic rings. The Kier molecular flexibility index (Phi) is 3.77. The Labute approximate surface area is 91.8 Å². The fraction of sp³-hybridized carbons (Fsp3) is 0.400. The lowest BCUT2D eigenvalue weighted by molar-refractivity contribution is 0.193. The molecular weight excluding hydrogens is 248 g/mol. The number of halogens is 1. The molecule has 1 rings (SSSR count). The van der Waals surface area contributed by atoms with Crippen LogP contribution in [0.3, 0.4) is 0 Å². The largest absolute Gasteiger partial charge is 0.496 e. The summed E-state index contributed by atoms with van der Waals surface area (Å²) in [5.74, 6) is 1.33. The molecule has 0 heterocycles. The molecule has 1 aromatic carbocycles. The normalized spacial score (nSPS) is 12.4. The van der Waals surface area contributed by atoms with Crippen molar-refractivity contribution in [1.82, 2.24) is 0 Å². The quantitative estimate of drug-likeness (QED) is 0.908. The Hall–Kier alpha value is -0.740. The average Bonchev–Trinajstić information content (AvgIpc) is 2.16. The average molecular weight is 261 g/mol.